The summed E-state index contributed by atoms with van der Waals surface area (Å²) in [5.41, 5.74) is -0.566. The van der Waals surface area contributed by atoms with E-state index in [0.717, 1.165) is 6.08 Å². The number of hydrogen-bond donors (Lipinski definition) is 0. The second kappa shape index (κ2) is 5.92. The molecular formula is C13H10N2O6. The third kappa shape index (κ3) is 2.92. The van der Waals surface area contributed by atoms with Crippen molar-refractivity contribution < 1.29 is 23.9 Å². The van der Waals surface area contributed by atoms with Crippen LogP contribution in [0.4, 0.5) is 5.69 Å². The van der Waals surface area contributed by atoms with Gasteiger partial charge in [-0.05, 0) is 19.1 Å². The monoisotopic (exact) mass is 290 g/mol. The standard InChI is InChI=1S/C13H10N2O6/c1-2-19-13(16)9(6-14)3-8-4-11-12(21-7-20-11)5-10(8)15(17)18/h3-5H,2,7H2,1H3. The Morgan fingerprint density at radius 3 is 2.76 bits per heavy atom. The number of fused-ring (bicyclic) bond motifs is 1. The molecule has 21 heavy (non-hydrogen) atoms. The lowest BCUT2D eigenvalue weighted by atomic mass is 10.1. The van der Waals surface area contributed by atoms with Crippen LogP contribution < -0.4 is 9.47 Å². The molecule has 1 heterocycles. The maximum atomic E-state index is 11.6. The molecule has 0 amide bonds. The topological polar surface area (TPSA) is 112 Å². The number of carbonyl (C=O) groups is 1. The van der Waals surface area contributed by atoms with E-state index in [0.29, 0.717) is 5.75 Å². The molecule has 0 aliphatic carbocycles. The van der Waals surface area contributed by atoms with E-state index in [1.807, 2.05) is 0 Å². The maximum absolute atomic E-state index is 11.6. The van der Waals surface area contributed by atoms with Gasteiger partial charge in [-0.3, -0.25) is 10.1 Å². The van der Waals surface area contributed by atoms with Crippen molar-refractivity contribution in [1.29, 1.82) is 5.26 Å². The Kier molecular flexibility index (Phi) is 4.04. The molecule has 0 bridgehead atoms. The lowest BCUT2D eigenvalue weighted by molar-refractivity contribution is -0.385. The molecule has 8 heteroatoms. The number of rotatable bonds is 4. The predicted octanol–water partition coefficient (Wildman–Crippen LogP) is 1.79. The summed E-state index contributed by atoms with van der Waals surface area (Å²) in [7, 11) is 0. The van der Waals surface area contributed by atoms with Crippen molar-refractivity contribution >= 4 is 17.7 Å². The minimum atomic E-state index is -0.841. The van der Waals surface area contributed by atoms with E-state index in [1.165, 1.54) is 12.1 Å². The summed E-state index contributed by atoms with van der Waals surface area (Å²) < 4.78 is 14.9. The Morgan fingerprint density at radius 1 is 1.52 bits per heavy atom. The van der Waals surface area contributed by atoms with Crippen molar-refractivity contribution in [3.8, 4) is 17.6 Å². The van der Waals surface area contributed by atoms with Crippen LogP contribution in [0.25, 0.3) is 6.08 Å². The summed E-state index contributed by atoms with van der Waals surface area (Å²) in [5, 5.41) is 20.0. The van der Waals surface area contributed by atoms with Gasteiger partial charge < -0.3 is 14.2 Å². The van der Waals surface area contributed by atoms with Crippen molar-refractivity contribution in [3.05, 3.63) is 33.4 Å². The van der Waals surface area contributed by atoms with Crippen LogP contribution in [-0.2, 0) is 9.53 Å². The number of esters is 1. The van der Waals surface area contributed by atoms with E-state index in [1.54, 1.807) is 13.0 Å². The van der Waals surface area contributed by atoms with E-state index < -0.39 is 10.9 Å². The molecule has 0 aromatic heterocycles. The average molecular weight is 290 g/mol. The van der Waals surface area contributed by atoms with Gasteiger partial charge in [0.2, 0.25) is 6.79 Å². The first-order valence-electron chi connectivity index (χ1n) is 5.93. The second-order valence-electron chi connectivity index (χ2n) is 3.91. The number of carbonyl (C=O) groups excluding carboxylic acids is 1. The fourth-order valence-corrected chi connectivity index (χ4v) is 1.72. The van der Waals surface area contributed by atoms with Crippen molar-refractivity contribution in [3.63, 3.8) is 0 Å². The second-order valence-corrected chi connectivity index (χ2v) is 3.91. The number of nitro benzene ring substituents is 1. The van der Waals surface area contributed by atoms with Crippen LogP contribution >= 0.6 is 0 Å². The number of nitriles is 1. The molecule has 0 spiro atoms. The number of nitro groups is 1. The van der Waals surface area contributed by atoms with E-state index in [9.17, 15) is 14.9 Å². The van der Waals surface area contributed by atoms with Crippen molar-refractivity contribution in [2.75, 3.05) is 13.4 Å². The largest absolute Gasteiger partial charge is 0.462 e. The van der Waals surface area contributed by atoms with Gasteiger partial charge in [0.1, 0.15) is 11.6 Å². The zero-order valence-electron chi connectivity index (χ0n) is 11.0. The molecule has 1 aromatic rings. The maximum Gasteiger partial charge on any atom is 0.348 e. The highest BCUT2D eigenvalue weighted by Gasteiger charge is 2.23. The fourth-order valence-electron chi connectivity index (χ4n) is 1.72. The summed E-state index contributed by atoms with van der Waals surface area (Å²) in [5.74, 6) is -0.284. The number of nitrogens with zero attached hydrogens (tertiary/aromatic N) is 2. The van der Waals surface area contributed by atoms with Crippen molar-refractivity contribution in [2.45, 2.75) is 6.92 Å². The van der Waals surface area contributed by atoms with Gasteiger partial charge in [0.05, 0.1) is 23.2 Å². The zero-order valence-corrected chi connectivity index (χ0v) is 11.0. The minimum absolute atomic E-state index is 0.0390. The molecule has 2 rings (SSSR count). The van der Waals surface area contributed by atoms with Gasteiger partial charge in [-0.15, -0.1) is 0 Å². The fraction of sp³-hybridized carbons (Fsp3) is 0.231. The van der Waals surface area contributed by atoms with Gasteiger partial charge in [-0.25, -0.2) is 4.79 Å². The summed E-state index contributed by atoms with van der Waals surface area (Å²) in [6.07, 6.45) is 1.10. The van der Waals surface area contributed by atoms with Gasteiger partial charge >= 0.3 is 5.97 Å². The van der Waals surface area contributed by atoms with Crippen LogP contribution in [0.15, 0.2) is 17.7 Å². The highest BCUT2D eigenvalue weighted by atomic mass is 16.7. The highest BCUT2D eigenvalue weighted by Crippen LogP contribution is 2.38. The third-order valence-corrected chi connectivity index (χ3v) is 2.63. The Morgan fingerprint density at radius 2 is 2.19 bits per heavy atom. The summed E-state index contributed by atoms with van der Waals surface area (Å²) in [6, 6.07) is 4.19. The molecule has 0 saturated heterocycles. The summed E-state index contributed by atoms with van der Waals surface area (Å²) in [6.45, 7) is 1.65. The van der Waals surface area contributed by atoms with Gasteiger partial charge in [0, 0.05) is 0 Å². The first kappa shape index (κ1) is 14.3. The van der Waals surface area contributed by atoms with Gasteiger partial charge in [-0.2, -0.15) is 5.26 Å². The highest BCUT2D eigenvalue weighted by molar-refractivity contribution is 5.98. The van der Waals surface area contributed by atoms with Crippen LogP contribution in [0.3, 0.4) is 0 Å². The van der Waals surface area contributed by atoms with E-state index in [-0.39, 0.29) is 36.0 Å². The summed E-state index contributed by atoms with van der Waals surface area (Å²) >= 11 is 0. The molecular weight excluding hydrogens is 280 g/mol. The van der Waals surface area contributed by atoms with Crippen LogP contribution in [0.2, 0.25) is 0 Å². The third-order valence-electron chi connectivity index (χ3n) is 2.63. The Hall–Kier alpha value is -3.08. The average Bonchev–Trinajstić information content (AvgIpc) is 2.90. The first-order valence-corrected chi connectivity index (χ1v) is 5.93. The normalized spacial score (nSPS) is 12.7. The molecule has 0 radical (unpaired) electrons. The molecule has 0 atom stereocenters. The van der Waals surface area contributed by atoms with Crippen LogP contribution in [-0.4, -0.2) is 24.3 Å². The van der Waals surface area contributed by atoms with E-state index in [4.69, 9.17) is 19.5 Å². The molecule has 1 aliphatic heterocycles. The van der Waals surface area contributed by atoms with Gasteiger partial charge in [0.25, 0.3) is 5.69 Å². The van der Waals surface area contributed by atoms with Gasteiger partial charge in [-0.1, -0.05) is 0 Å². The van der Waals surface area contributed by atoms with E-state index >= 15 is 0 Å². The lowest BCUT2D eigenvalue weighted by Crippen LogP contribution is -2.06. The smallest absolute Gasteiger partial charge is 0.348 e. The number of benzene rings is 1. The predicted molar refractivity (Wildman–Crippen MR) is 69.4 cm³/mol. The number of hydrogen-bond acceptors (Lipinski definition) is 7. The lowest BCUT2D eigenvalue weighted by Gasteiger charge is -2.02. The molecule has 1 aliphatic rings. The Labute approximate surface area is 119 Å². The quantitative estimate of drug-likeness (QED) is 0.273. The minimum Gasteiger partial charge on any atom is -0.462 e. The number of ether oxygens (including phenoxy) is 3. The Balaban J connectivity index is 2.50. The molecule has 0 fully saturated rings. The van der Waals surface area contributed by atoms with E-state index in [2.05, 4.69) is 0 Å². The van der Waals surface area contributed by atoms with Crippen LogP contribution in [0.5, 0.6) is 11.5 Å². The molecule has 108 valence electrons. The SMILES string of the molecule is CCOC(=O)C(C#N)=Cc1cc2c(cc1[N+](=O)[O-])OCO2. The first-order chi connectivity index (χ1) is 10.1. The van der Waals surface area contributed by atoms with Crippen molar-refractivity contribution in [2.24, 2.45) is 0 Å². The molecule has 8 nitrogen and oxygen atoms in total. The molecule has 0 N–H and O–H groups in total. The van der Waals surface area contributed by atoms with Gasteiger partial charge in [0.15, 0.2) is 11.5 Å². The Bertz CT molecular complexity index is 674. The summed E-state index contributed by atoms with van der Waals surface area (Å²) in [4.78, 5) is 22.0. The van der Waals surface area contributed by atoms with Crippen molar-refractivity contribution in [1.82, 2.24) is 0 Å². The van der Waals surface area contributed by atoms with Crippen LogP contribution in [0.1, 0.15) is 12.5 Å². The molecule has 1 aromatic carbocycles. The molecule has 0 unspecified atom stereocenters. The molecule has 0 saturated carbocycles. The zero-order chi connectivity index (χ0) is 15.4. The van der Waals surface area contributed by atoms with Crippen LogP contribution in [0, 0.1) is 21.4 Å².